The molecule has 0 bridgehead atoms. The van der Waals surface area contributed by atoms with Crippen molar-refractivity contribution in [1.82, 2.24) is 4.98 Å². The minimum Gasteiger partial charge on any atom is -0.493 e. The number of nitrogens with zero attached hydrogens (tertiary/aromatic N) is 2. The first-order valence-corrected chi connectivity index (χ1v) is 11.0. The quantitative estimate of drug-likeness (QED) is 0.264. The molecule has 0 unspecified atom stereocenters. The van der Waals surface area contributed by atoms with E-state index in [1.54, 1.807) is 7.11 Å². The van der Waals surface area contributed by atoms with Gasteiger partial charge >= 0.3 is 0 Å². The lowest BCUT2D eigenvalue weighted by molar-refractivity contribution is 0.286. The van der Waals surface area contributed by atoms with Gasteiger partial charge in [0.2, 0.25) is 0 Å². The Morgan fingerprint density at radius 2 is 1.97 bits per heavy atom. The molecular formula is C24H23ClN2O2S. The fraction of sp³-hybridized carbons (Fsp3) is 0.250. The molecule has 3 rings (SSSR count). The standard InChI is InChI=1S/C24H23ClN2O2S/c1-3-4-5-12-29-22-11-6-17(14-23(22)28-2)13-19(15-26)24-27-21(16-30-24)18-7-9-20(25)10-8-18/h6-11,13-14,16H,3-5,12H2,1-2H3/b19-13-. The van der Waals surface area contributed by atoms with Gasteiger partial charge in [-0.1, -0.05) is 49.6 Å². The van der Waals surface area contributed by atoms with Crippen molar-refractivity contribution >= 4 is 34.6 Å². The zero-order chi connectivity index (χ0) is 21.3. The summed E-state index contributed by atoms with van der Waals surface area (Å²) in [5.41, 5.74) is 3.14. The highest BCUT2D eigenvalue weighted by molar-refractivity contribution is 7.11. The minimum absolute atomic E-state index is 0.499. The number of thiazole rings is 1. The van der Waals surface area contributed by atoms with Crippen LogP contribution in [0.25, 0.3) is 22.9 Å². The molecule has 1 aromatic heterocycles. The lowest BCUT2D eigenvalue weighted by Gasteiger charge is -2.11. The third-order valence-corrected chi connectivity index (χ3v) is 5.63. The van der Waals surface area contributed by atoms with Gasteiger partial charge in [0.1, 0.15) is 11.1 Å². The smallest absolute Gasteiger partial charge is 0.161 e. The van der Waals surface area contributed by atoms with Gasteiger partial charge < -0.3 is 9.47 Å². The Kier molecular flexibility index (Phi) is 7.89. The Morgan fingerprint density at radius 1 is 1.17 bits per heavy atom. The molecule has 1 heterocycles. The van der Waals surface area contributed by atoms with E-state index in [2.05, 4.69) is 18.0 Å². The van der Waals surface area contributed by atoms with E-state index < -0.39 is 0 Å². The predicted octanol–water partition coefficient (Wildman–Crippen LogP) is 7.11. The predicted molar refractivity (Wildman–Crippen MR) is 124 cm³/mol. The summed E-state index contributed by atoms with van der Waals surface area (Å²) in [6.45, 7) is 2.82. The Bertz CT molecular complexity index is 1050. The van der Waals surface area contributed by atoms with E-state index in [4.69, 9.17) is 21.1 Å². The number of hydrogen-bond acceptors (Lipinski definition) is 5. The van der Waals surface area contributed by atoms with Gasteiger partial charge in [0, 0.05) is 16.0 Å². The highest BCUT2D eigenvalue weighted by atomic mass is 35.5. The van der Waals surface area contributed by atoms with Crippen LogP contribution in [0.3, 0.4) is 0 Å². The van der Waals surface area contributed by atoms with Crippen LogP contribution in [-0.2, 0) is 0 Å². The molecule has 4 nitrogen and oxygen atoms in total. The van der Waals surface area contributed by atoms with Crippen molar-refractivity contribution in [2.45, 2.75) is 26.2 Å². The third-order valence-electron chi connectivity index (χ3n) is 4.50. The summed E-state index contributed by atoms with van der Waals surface area (Å²) < 4.78 is 11.3. The number of halogens is 1. The average molecular weight is 439 g/mol. The summed E-state index contributed by atoms with van der Waals surface area (Å²) in [6.07, 6.45) is 5.12. The maximum atomic E-state index is 9.68. The SMILES string of the molecule is CCCCCOc1ccc(/C=C(/C#N)c2nc(-c3ccc(Cl)cc3)cs2)cc1OC. The van der Waals surface area contributed by atoms with Crippen molar-refractivity contribution in [3.63, 3.8) is 0 Å². The highest BCUT2D eigenvalue weighted by Crippen LogP contribution is 2.31. The number of allylic oxidation sites excluding steroid dienone is 1. The molecule has 0 fully saturated rings. The van der Waals surface area contributed by atoms with Gasteiger partial charge in [0.15, 0.2) is 11.5 Å². The molecule has 0 radical (unpaired) electrons. The molecule has 2 aromatic carbocycles. The number of ether oxygens (including phenoxy) is 2. The molecule has 0 amide bonds. The number of benzene rings is 2. The van der Waals surface area contributed by atoms with E-state index in [0.29, 0.717) is 33.7 Å². The molecule has 0 atom stereocenters. The zero-order valence-electron chi connectivity index (χ0n) is 17.0. The fourth-order valence-electron chi connectivity index (χ4n) is 2.89. The second-order valence-electron chi connectivity index (χ2n) is 6.68. The number of hydrogen-bond donors (Lipinski definition) is 0. The number of methoxy groups -OCH3 is 1. The maximum Gasteiger partial charge on any atom is 0.161 e. The van der Waals surface area contributed by atoms with Crippen LogP contribution >= 0.6 is 22.9 Å². The van der Waals surface area contributed by atoms with Crippen molar-refractivity contribution in [2.75, 3.05) is 13.7 Å². The van der Waals surface area contributed by atoms with E-state index in [1.165, 1.54) is 11.3 Å². The maximum absolute atomic E-state index is 9.68. The molecular weight excluding hydrogens is 416 g/mol. The molecule has 0 N–H and O–H groups in total. The van der Waals surface area contributed by atoms with Crippen LogP contribution in [0, 0.1) is 11.3 Å². The Labute approximate surface area is 186 Å². The first-order chi connectivity index (χ1) is 14.6. The number of unbranched alkanes of at least 4 members (excludes halogenated alkanes) is 2. The zero-order valence-corrected chi connectivity index (χ0v) is 18.6. The van der Waals surface area contributed by atoms with Gasteiger partial charge in [-0.2, -0.15) is 5.26 Å². The van der Waals surface area contributed by atoms with Gasteiger partial charge in [-0.15, -0.1) is 11.3 Å². The first-order valence-electron chi connectivity index (χ1n) is 9.79. The van der Waals surface area contributed by atoms with E-state index >= 15 is 0 Å². The van der Waals surface area contributed by atoms with E-state index in [1.807, 2.05) is 53.9 Å². The van der Waals surface area contributed by atoms with Crippen LogP contribution in [0.5, 0.6) is 11.5 Å². The van der Waals surface area contributed by atoms with E-state index in [-0.39, 0.29) is 0 Å². The van der Waals surface area contributed by atoms with Crippen molar-refractivity contribution in [2.24, 2.45) is 0 Å². The minimum atomic E-state index is 0.499. The van der Waals surface area contributed by atoms with Crippen molar-refractivity contribution < 1.29 is 9.47 Å². The molecule has 0 aliphatic rings. The van der Waals surface area contributed by atoms with Crippen molar-refractivity contribution in [3.8, 4) is 28.8 Å². The van der Waals surface area contributed by atoms with E-state index in [0.717, 1.165) is 36.1 Å². The number of rotatable bonds is 9. The molecule has 154 valence electrons. The van der Waals surface area contributed by atoms with Crippen LogP contribution in [-0.4, -0.2) is 18.7 Å². The van der Waals surface area contributed by atoms with Crippen LogP contribution in [0.15, 0.2) is 47.8 Å². The van der Waals surface area contributed by atoms with Gasteiger partial charge in [-0.3, -0.25) is 0 Å². The second kappa shape index (κ2) is 10.8. The largest absolute Gasteiger partial charge is 0.493 e. The van der Waals surface area contributed by atoms with Gasteiger partial charge in [0.05, 0.1) is 25.0 Å². The summed E-state index contributed by atoms with van der Waals surface area (Å²) in [6, 6.07) is 15.4. The summed E-state index contributed by atoms with van der Waals surface area (Å²) in [4.78, 5) is 4.62. The molecule has 3 aromatic rings. The topological polar surface area (TPSA) is 55.1 Å². The molecule has 0 saturated carbocycles. The lowest BCUT2D eigenvalue weighted by Crippen LogP contribution is -1.99. The molecule has 0 spiro atoms. The Hall–Kier alpha value is -2.81. The van der Waals surface area contributed by atoms with Crippen molar-refractivity contribution in [3.05, 3.63) is 63.4 Å². The summed E-state index contributed by atoms with van der Waals surface area (Å²) in [5, 5.41) is 13.0. The van der Waals surface area contributed by atoms with Crippen LogP contribution in [0.4, 0.5) is 0 Å². The number of nitriles is 1. The molecule has 0 aliphatic heterocycles. The molecule has 0 aliphatic carbocycles. The molecule has 0 saturated heterocycles. The summed E-state index contributed by atoms with van der Waals surface area (Å²) in [5.74, 6) is 1.36. The molecule has 30 heavy (non-hydrogen) atoms. The normalized spacial score (nSPS) is 11.2. The summed E-state index contributed by atoms with van der Waals surface area (Å²) >= 11 is 7.39. The third kappa shape index (κ3) is 5.63. The summed E-state index contributed by atoms with van der Waals surface area (Å²) in [7, 11) is 1.62. The second-order valence-corrected chi connectivity index (χ2v) is 7.98. The lowest BCUT2D eigenvalue weighted by atomic mass is 10.1. The van der Waals surface area contributed by atoms with Crippen LogP contribution in [0.1, 0.15) is 36.8 Å². The van der Waals surface area contributed by atoms with Gasteiger partial charge in [-0.05, 0) is 42.3 Å². The van der Waals surface area contributed by atoms with Crippen LogP contribution in [0.2, 0.25) is 5.02 Å². The Morgan fingerprint density at radius 3 is 2.67 bits per heavy atom. The van der Waals surface area contributed by atoms with Gasteiger partial charge in [0.25, 0.3) is 0 Å². The van der Waals surface area contributed by atoms with Crippen LogP contribution < -0.4 is 9.47 Å². The van der Waals surface area contributed by atoms with E-state index in [9.17, 15) is 5.26 Å². The van der Waals surface area contributed by atoms with Crippen molar-refractivity contribution in [1.29, 1.82) is 5.26 Å². The average Bonchev–Trinajstić information content (AvgIpc) is 3.26. The monoisotopic (exact) mass is 438 g/mol. The Balaban J connectivity index is 1.80. The van der Waals surface area contributed by atoms with Gasteiger partial charge in [-0.25, -0.2) is 4.98 Å². The first kappa shape index (κ1) is 21.9. The highest BCUT2D eigenvalue weighted by Gasteiger charge is 2.11. The fourth-order valence-corrected chi connectivity index (χ4v) is 3.81. The number of aromatic nitrogens is 1. The molecule has 6 heteroatoms.